The molecule has 1 aromatic carbocycles. The average Bonchev–Trinajstić information content (AvgIpc) is 2.59. The van der Waals surface area contributed by atoms with Crippen molar-refractivity contribution in [2.75, 3.05) is 14.1 Å². The van der Waals surface area contributed by atoms with Gasteiger partial charge in [-0.2, -0.15) is 5.10 Å². The van der Waals surface area contributed by atoms with Gasteiger partial charge >= 0.3 is 0 Å². The van der Waals surface area contributed by atoms with Crippen molar-refractivity contribution in [2.24, 2.45) is 20.4 Å². The SMILES string of the molecule is CCc1ccc(C(=N\N=C(/S)NC)/C(C)=N/N=C(\S)NC)cc1. The first-order chi connectivity index (χ1) is 11.0. The van der Waals surface area contributed by atoms with Crippen LogP contribution in [0.1, 0.15) is 25.0 Å². The molecule has 0 heterocycles. The molecule has 0 bridgehead atoms. The molecular formula is C15H22N6S2. The van der Waals surface area contributed by atoms with E-state index >= 15 is 0 Å². The maximum absolute atomic E-state index is 4.24. The molecule has 0 unspecified atom stereocenters. The molecule has 0 atom stereocenters. The highest BCUT2D eigenvalue weighted by Crippen LogP contribution is 2.09. The van der Waals surface area contributed by atoms with E-state index < -0.39 is 0 Å². The number of thiol groups is 2. The van der Waals surface area contributed by atoms with Crippen LogP contribution in [0.5, 0.6) is 0 Å². The van der Waals surface area contributed by atoms with Crippen LogP contribution in [0.15, 0.2) is 44.7 Å². The molecule has 124 valence electrons. The Balaban J connectivity index is 3.25. The monoisotopic (exact) mass is 350 g/mol. The first kappa shape index (κ1) is 19.2. The zero-order valence-corrected chi connectivity index (χ0v) is 15.5. The third-order valence-electron chi connectivity index (χ3n) is 2.96. The van der Waals surface area contributed by atoms with Gasteiger partial charge in [-0.25, -0.2) is 0 Å². The van der Waals surface area contributed by atoms with E-state index in [0.717, 1.165) is 12.0 Å². The van der Waals surface area contributed by atoms with Crippen LogP contribution in [0.4, 0.5) is 0 Å². The van der Waals surface area contributed by atoms with E-state index in [-0.39, 0.29) is 0 Å². The normalized spacial score (nSPS) is 14.0. The summed E-state index contributed by atoms with van der Waals surface area (Å²) in [5.41, 5.74) is 3.40. The van der Waals surface area contributed by atoms with Gasteiger partial charge in [0.1, 0.15) is 5.71 Å². The lowest BCUT2D eigenvalue weighted by atomic mass is 10.0. The van der Waals surface area contributed by atoms with Crippen LogP contribution in [0.2, 0.25) is 0 Å². The van der Waals surface area contributed by atoms with Gasteiger partial charge in [-0.05, 0) is 18.9 Å². The Labute approximate surface area is 148 Å². The smallest absolute Gasteiger partial charge is 0.179 e. The Kier molecular flexibility index (Phi) is 8.42. The van der Waals surface area contributed by atoms with E-state index in [1.807, 2.05) is 19.1 Å². The maximum Gasteiger partial charge on any atom is 0.179 e. The number of nitrogens with zero attached hydrogens (tertiary/aromatic N) is 4. The number of benzene rings is 1. The van der Waals surface area contributed by atoms with Gasteiger partial charge in [0.05, 0.1) is 5.71 Å². The van der Waals surface area contributed by atoms with Gasteiger partial charge in [0.25, 0.3) is 0 Å². The maximum atomic E-state index is 4.24. The fraction of sp³-hybridized carbons (Fsp3) is 0.333. The summed E-state index contributed by atoms with van der Waals surface area (Å²) < 4.78 is 0. The summed E-state index contributed by atoms with van der Waals surface area (Å²) >= 11 is 8.29. The molecule has 0 aliphatic carbocycles. The molecule has 0 aliphatic heterocycles. The minimum atomic E-state index is 0.411. The van der Waals surface area contributed by atoms with Crippen LogP contribution in [0.3, 0.4) is 0 Å². The van der Waals surface area contributed by atoms with E-state index in [4.69, 9.17) is 0 Å². The van der Waals surface area contributed by atoms with E-state index in [2.05, 4.69) is 75.4 Å². The van der Waals surface area contributed by atoms with Crippen LogP contribution >= 0.6 is 25.3 Å². The highest BCUT2D eigenvalue weighted by atomic mass is 32.1. The van der Waals surface area contributed by atoms with Crippen LogP contribution in [-0.4, -0.2) is 35.9 Å². The molecule has 6 nitrogen and oxygen atoms in total. The predicted molar refractivity (Wildman–Crippen MR) is 106 cm³/mol. The molecule has 1 aromatic rings. The number of aryl methyl sites for hydroxylation is 1. The van der Waals surface area contributed by atoms with Gasteiger partial charge in [-0.15, -0.1) is 40.6 Å². The summed E-state index contributed by atoms with van der Waals surface area (Å²) in [5, 5.41) is 22.8. The van der Waals surface area contributed by atoms with E-state index in [9.17, 15) is 0 Å². The molecule has 0 saturated heterocycles. The first-order valence-electron chi connectivity index (χ1n) is 7.12. The van der Waals surface area contributed by atoms with Gasteiger partial charge in [-0.3, -0.25) is 0 Å². The molecule has 8 heteroatoms. The highest BCUT2D eigenvalue weighted by Gasteiger charge is 2.08. The second kappa shape index (κ2) is 10.1. The summed E-state index contributed by atoms with van der Waals surface area (Å²) in [6, 6.07) is 8.10. The average molecular weight is 351 g/mol. The number of hydrogen-bond acceptors (Lipinski definition) is 4. The summed E-state index contributed by atoms with van der Waals surface area (Å²) in [5.74, 6) is 0. The quantitative estimate of drug-likeness (QED) is 0.285. The first-order valence-corrected chi connectivity index (χ1v) is 8.02. The molecule has 1 rings (SSSR count). The van der Waals surface area contributed by atoms with E-state index in [1.165, 1.54) is 5.56 Å². The van der Waals surface area contributed by atoms with E-state index in [0.29, 0.717) is 21.8 Å². The Morgan fingerprint density at radius 2 is 1.43 bits per heavy atom. The van der Waals surface area contributed by atoms with Crippen molar-refractivity contribution in [2.45, 2.75) is 20.3 Å². The third-order valence-corrected chi connectivity index (χ3v) is 3.59. The van der Waals surface area contributed by atoms with Crippen molar-refractivity contribution in [1.82, 2.24) is 10.6 Å². The Hall–Kier alpha value is -1.80. The van der Waals surface area contributed by atoms with Crippen LogP contribution in [0.25, 0.3) is 0 Å². The molecule has 0 aliphatic rings. The molecule has 23 heavy (non-hydrogen) atoms. The number of amidine groups is 2. The number of nitrogens with one attached hydrogen (secondary N) is 2. The topological polar surface area (TPSA) is 73.5 Å². The Bertz CT molecular complexity index is 632. The Morgan fingerprint density at radius 1 is 0.913 bits per heavy atom. The Morgan fingerprint density at radius 3 is 1.91 bits per heavy atom. The van der Waals surface area contributed by atoms with Crippen LogP contribution < -0.4 is 10.6 Å². The molecule has 0 saturated carbocycles. The van der Waals surface area contributed by atoms with E-state index in [1.54, 1.807) is 14.1 Å². The third kappa shape index (κ3) is 6.45. The minimum absolute atomic E-state index is 0.411. The lowest BCUT2D eigenvalue weighted by Gasteiger charge is -2.06. The molecular weight excluding hydrogens is 328 g/mol. The fourth-order valence-corrected chi connectivity index (χ4v) is 1.69. The standard InChI is InChI=1S/C15H22N6S2/c1-5-11-6-8-12(9-7-11)13(19-21-15(23)17-4)10(2)18-20-14(22)16-3/h6-9H,5H2,1-4H3,(H2,16,20,22)(H2,17,21,23)/b18-10+,19-13-. The summed E-state index contributed by atoms with van der Waals surface area (Å²) in [6.07, 6.45) is 0.980. The highest BCUT2D eigenvalue weighted by molar-refractivity contribution is 7.97. The second-order valence-corrected chi connectivity index (χ2v) is 5.38. The molecule has 0 spiro atoms. The van der Waals surface area contributed by atoms with Gasteiger partial charge in [0.2, 0.25) is 0 Å². The fourth-order valence-electron chi connectivity index (χ4n) is 1.60. The van der Waals surface area contributed by atoms with Crippen molar-refractivity contribution in [1.29, 1.82) is 0 Å². The van der Waals surface area contributed by atoms with Gasteiger partial charge < -0.3 is 10.6 Å². The van der Waals surface area contributed by atoms with Crippen molar-refractivity contribution >= 4 is 47.0 Å². The van der Waals surface area contributed by atoms with Gasteiger partial charge in [-0.1, -0.05) is 31.2 Å². The molecule has 2 N–H and O–H groups in total. The summed E-state index contributed by atoms with van der Waals surface area (Å²) in [6.45, 7) is 3.93. The van der Waals surface area contributed by atoms with Crippen molar-refractivity contribution in [3.05, 3.63) is 35.4 Å². The van der Waals surface area contributed by atoms with Crippen molar-refractivity contribution < 1.29 is 0 Å². The lowest BCUT2D eigenvalue weighted by molar-refractivity contribution is 1.13. The molecule has 0 amide bonds. The summed E-state index contributed by atoms with van der Waals surface area (Å²) in [4.78, 5) is 0. The molecule has 0 fully saturated rings. The van der Waals surface area contributed by atoms with Crippen LogP contribution in [0, 0.1) is 0 Å². The van der Waals surface area contributed by atoms with Crippen LogP contribution in [-0.2, 0) is 6.42 Å². The zero-order valence-electron chi connectivity index (χ0n) is 13.7. The number of rotatable bonds is 5. The van der Waals surface area contributed by atoms with Gasteiger partial charge in [0, 0.05) is 19.7 Å². The van der Waals surface area contributed by atoms with Crippen molar-refractivity contribution in [3.63, 3.8) is 0 Å². The molecule has 0 radical (unpaired) electrons. The lowest BCUT2D eigenvalue weighted by Crippen LogP contribution is -2.15. The molecule has 0 aromatic heterocycles. The van der Waals surface area contributed by atoms with Gasteiger partial charge in [0.15, 0.2) is 10.3 Å². The minimum Gasteiger partial charge on any atom is -0.366 e. The largest absolute Gasteiger partial charge is 0.366 e. The zero-order chi connectivity index (χ0) is 17.2. The second-order valence-electron chi connectivity index (χ2n) is 4.53. The predicted octanol–water partition coefficient (Wildman–Crippen LogP) is 2.34. The number of hydrogen-bond donors (Lipinski definition) is 4. The summed E-state index contributed by atoms with van der Waals surface area (Å²) in [7, 11) is 3.45. The van der Waals surface area contributed by atoms with Crippen molar-refractivity contribution in [3.8, 4) is 0 Å².